The minimum atomic E-state index is -0.827. The number of aromatic nitrogens is 1. The Morgan fingerprint density at radius 2 is 1.90 bits per heavy atom. The van der Waals surface area contributed by atoms with E-state index >= 15 is 0 Å². The number of hydrogen-bond acceptors (Lipinski definition) is 6. The maximum absolute atomic E-state index is 13.8. The molecule has 1 aliphatic heterocycles. The summed E-state index contributed by atoms with van der Waals surface area (Å²) >= 11 is 0. The molecule has 9 nitrogen and oxygen atoms in total. The third-order valence-electron chi connectivity index (χ3n) is 7.66. The molecule has 2 N–H and O–H groups in total. The first kappa shape index (κ1) is 29.0. The summed E-state index contributed by atoms with van der Waals surface area (Å²) in [7, 11) is 0. The fourth-order valence-electron chi connectivity index (χ4n) is 5.39. The molecule has 0 aliphatic carbocycles. The lowest BCUT2D eigenvalue weighted by molar-refractivity contribution is -0.147. The number of aliphatic hydroxyl groups excluding tert-OH is 1. The minimum Gasteiger partial charge on any atom is -0.443 e. The number of hydrogen-bond donors (Lipinski definition) is 2. The van der Waals surface area contributed by atoms with Gasteiger partial charge in [-0.1, -0.05) is 50.2 Å². The molecule has 3 aromatic rings. The highest BCUT2D eigenvalue weighted by Crippen LogP contribution is 2.26. The van der Waals surface area contributed by atoms with Crippen molar-refractivity contribution in [2.75, 3.05) is 6.54 Å². The van der Waals surface area contributed by atoms with Crippen LogP contribution in [-0.2, 0) is 27.5 Å². The fraction of sp³-hybridized carbons (Fsp3) is 0.419. The second-order valence-corrected chi connectivity index (χ2v) is 10.9. The summed E-state index contributed by atoms with van der Waals surface area (Å²) in [5.41, 5.74) is 5.59. The van der Waals surface area contributed by atoms with E-state index in [0.29, 0.717) is 12.2 Å². The Hall–Kier alpha value is -3.98. The Balaban J connectivity index is 1.47. The molecule has 3 unspecified atom stereocenters. The molecule has 1 aromatic heterocycles. The van der Waals surface area contributed by atoms with Crippen LogP contribution < -0.4 is 5.32 Å². The van der Waals surface area contributed by atoms with E-state index in [9.17, 15) is 19.5 Å². The molecule has 0 radical (unpaired) electrons. The van der Waals surface area contributed by atoms with Crippen molar-refractivity contribution in [3.05, 3.63) is 76.8 Å². The number of amides is 3. The Bertz CT molecular complexity index is 1370. The number of aliphatic hydroxyl groups is 1. The summed E-state index contributed by atoms with van der Waals surface area (Å²) in [6.07, 6.45) is 1.44. The zero-order valence-electron chi connectivity index (χ0n) is 23.8. The topological polar surface area (TPSA) is 116 Å². The van der Waals surface area contributed by atoms with Gasteiger partial charge in [-0.2, -0.15) is 0 Å². The third-order valence-corrected chi connectivity index (χ3v) is 7.66. The van der Waals surface area contributed by atoms with Gasteiger partial charge in [0.25, 0.3) is 0 Å². The highest BCUT2D eigenvalue weighted by atomic mass is 16.3. The molecule has 4 rings (SSSR count). The number of rotatable bonds is 10. The van der Waals surface area contributed by atoms with Gasteiger partial charge in [-0.05, 0) is 55.0 Å². The van der Waals surface area contributed by atoms with Gasteiger partial charge < -0.3 is 24.6 Å². The second-order valence-electron chi connectivity index (χ2n) is 10.9. The maximum Gasteiger partial charge on any atom is 0.246 e. The first-order valence-corrected chi connectivity index (χ1v) is 13.6. The van der Waals surface area contributed by atoms with E-state index in [-0.39, 0.29) is 43.8 Å². The van der Waals surface area contributed by atoms with E-state index in [0.717, 1.165) is 33.5 Å². The van der Waals surface area contributed by atoms with Crippen LogP contribution >= 0.6 is 0 Å². The molecule has 9 heteroatoms. The van der Waals surface area contributed by atoms with Gasteiger partial charge >= 0.3 is 0 Å². The number of β-amino-alcohol motifs (C(OH)–C–C–N with tert-alkyl or cyclic N) is 1. The molecule has 1 aliphatic rings. The van der Waals surface area contributed by atoms with Crippen molar-refractivity contribution < 1.29 is 23.9 Å². The van der Waals surface area contributed by atoms with Crippen LogP contribution in [0.25, 0.3) is 11.3 Å². The van der Waals surface area contributed by atoms with Crippen LogP contribution in [-0.4, -0.2) is 62.8 Å². The van der Waals surface area contributed by atoms with Gasteiger partial charge in [0.05, 0.1) is 11.8 Å². The molecule has 0 bridgehead atoms. The quantitative estimate of drug-likeness (QED) is 0.376. The van der Waals surface area contributed by atoms with Crippen molar-refractivity contribution in [1.82, 2.24) is 20.1 Å². The third kappa shape index (κ3) is 6.25. The van der Waals surface area contributed by atoms with Crippen LogP contribution in [0, 0.1) is 26.7 Å². The molecule has 212 valence electrons. The number of carbonyl (C=O) groups excluding carboxylic acids is 3. The van der Waals surface area contributed by atoms with Gasteiger partial charge in [0.1, 0.15) is 12.1 Å². The average molecular weight is 547 g/mol. The number of aryl methyl sites for hydroxylation is 3. The van der Waals surface area contributed by atoms with Gasteiger partial charge in [-0.25, -0.2) is 4.98 Å². The predicted molar refractivity (Wildman–Crippen MR) is 151 cm³/mol. The molecule has 40 heavy (non-hydrogen) atoms. The van der Waals surface area contributed by atoms with Gasteiger partial charge in [-0.15, -0.1) is 0 Å². The molecule has 2 aromatic carbocycles. The number of nitrogens with zero attached hydrogens (tertiary/aromatic N) is 3. The fourth-order valence-corrected chi connectivity index (χ4v) is 5.39. The summed E-state index contributed by atoms with van der Waals surface area (Å²) in [6.45, 7) is 10.2. The molecule has 3 amide bonds. The Labute approximate surface area is 235 Å². The molecule has 1 fully saturated rings. The lowest BCUT2D eigenvalue weighted by Gasteiger charge is -2.35. The smallest absolute Gasteiger partial charge is 0.246 e. The Morgan fingerprint density at radius 1 is 1.15 bits per heavy atom. The van der Waals surface area contributed by atoms with Gasteiger partial charge in [0.15, 0.2) is 12.2 Å². The SMILES string of the molecule is Cc1cc(-c2ocnc2C)ccc1CNC(=O)C1CC(O)CN1C(=O)C(C(C)C)N(C=O)Cc1ccccc1C. The van der Waals surface area contributed by atoms with E-state index in [1.54, 1.807) is 0 Å². The number of carbonyl (C=O) groups is 3. The number of nitrogens with one attached hydrogen (secondary N) is 1. The normalized spacial score (nSPS) is 17.6. The number of benzene rings is 2. The molecule has 2 heterocycles. The monoisotopic (exact) mass is 546 g/mol. The van der Waals surface area contributed by atoms with Crippen LogP contribution in [0.1, 0.15) is 48.2 Å². The van der Waals surface area contributed by atoms with Crippen molar-refractivity contribution >= 4 is 18.2 Å². The van der Waals surface area contributed by atoms with Crippen LogP contribution in [0.2, 0.25) is 0 Å². The van der Waals surface area contributed by atoms with Crippen LogP contribution in [0.4, 0.5) is 0 Å². The summed E-state index contributed by atoms with van der Waals surface area (Å²) in [5.74, 6) is -0.162. The number of oxazole rings is 1. The molecular weight excluding hydrogens is 508 g/mol. The molecular formula is C31H38N4O5. The van der Waals surface area contributed by atoms with Gasteiger partial charge in [-0.3, -0.25) is 14.4 Å². The van der Waals surface area contributed by atoms with Crippen LogP contribution in [0.5, 0.6) is 0 Å². The summed E-state index contributed by atoms with van der Waals surface area (Å²) < 4.78 is 5.49. The first-order valence-electron chi connectivity index (χ1n) is 13.6. The summed E-state index contributed by atoms with van der Waals surface area (Å²) in [4.78, 5) is 46.4. The molecule has 0 saturated carbocycles. The highest BCUT2D eigenvalue weighted by molar-refractivity contribution is 5.91. The lowest BCUT2D eigenvalue weighted by Crippen LogP contribution is -2.55. The Morgan fingerprint density at radius 3 is 2.52 bits per heavy atom. The van der Waals surface area contributed by atoms with Gasteiger partial charge in [0.2, 0.25) is 18.2 Å². The zero-order valence-corrected chi connectivity index (χ0v) is 23.8. The van der Waals surface area contributed by atoms with Crippen molar-refractivity contribution in [2.24, 2.45) is 5.92 Å². The average Bonchev–Trinajstić information content (AvgIpc) is 3.53. The van der Waals surface area contributed by atoms with Crippen molar-refractivity contribution in [3.8, 4) is 11.3 Å². The van der Waals surface area contributed by atoms with Gasteiger partial charge in [0, 0.05) is 31.6 Å². The van der Waals surface area contributed by atoms with E-state index in [4.69, 9.17) is 4.42 Å². The highest BCUT2D eigenvalue weighted by Gasteiger charge is 2.43. The zero-order chi connectivity index (χ0) is 29.0. The molecule has 1 saturated heterocycles. The second kappa shape index (κ2) is 12.5. The maximum atomic E-state index is 13.8. The van der Waals surface area contributed by atoms with E-state index in [1.165, 1.54) is 16.2 Å². The predicted octanol–water partition coefficient (Wildman–Crippen LogP) is 3.53. The van der Waals surface area contributed by atoms with E-state index in [1.807, 2.05) is 77.1 Å². The van der Waals surface area contributed by atoms with Crippen molar-refractivity contribution in [2.45, 2.75) is 72.3 Å². The molecule has 3 atom stereocenters. The minimum absolute atomic E-state index is 0.0431. The largest absolute Gasteiger partial charge is 0.443 e. The first-order chi connectivity index (χ1) is 19.1. The van der Waals surface area contributed by atoms with Crippen LogP contribution in [0.3, 0.4) is 0 Å². The number of likely N-dealkylation sites (tertiary alicyclic amines) is 1. The summed E-state index contributed by atoms with van der Waals surface area (Å²) in [6, 6.07) is 12.0. The molecule has 0 spiro atoms. The lowest BCUT2D eigenvalue weighted by atomic mass is 9.99. The van der Waals surface area contributed by atoms with Crippen molar-refractivity contribution in [1.29, 1.82) is 0 Å². The summed E-state index contributed by atoms with van der Waals surface area (Å²) in [5, 5.41) is 13.4. The van der Waals surface area contributed by atoms with Crippen LogP contribution in [0.15, 0.2) is 53.3 Å². The standard InChI is InChI=1S/C31H38N4O5/c1-19(2)28(34(18-36)15-25-9-7-6-8-20(25)3)31(39)35-16-26(37)13-27(35)30(38)32-14-24-11-10-23(12-21(24)4)29-22(5)33-17-40-29/h6-12,17-19,26-28,37H,13-16H2,1-5H3,(H,32,38). The van der Waals surface area contributed by atoms with Crippen molar-refractivity contribution in [3.63, 3.8) is 0 Å². The van der Waals surface area contributed by atoms with E-state index in [2.05, 4.69) is 10.3 Å². The Kier molecular flexibility index (Phi) is 9.04. The van der Waals surface area contributed by atoms with E-state index < -0.39 is 18.2 Å².